The van der Waals surface area contributed by atoms with Crippen molar-refractivity contribution < 1.29 is 15.0 Å². The second-order valence-corrected chi connectivity index (χ2v) is 6.31. The number of nitrogens with zero attached hydrogens (tertiary/aromatic N) is 4. The lowest BCUT2D eigenvalue weighted by molar-refractivity contribution is 0.0945. The molecule has 0 saturated carbocycles. The molecule has 3 aromatic carbocycles. The van der Waals surface area contributed by atoms with E-state index in [-0.39, 0.29) is 17.3 Å². The normalized spacial score (nSPS) is 10.9. The van der Waals surface area contributed by atoms with Crippen LogP contribution in [0, 0.1) is 0 Å². The molecule has 0 aliphatic carbocycles. The topological polar surface area (TPSA) is 113 Å². The molecule has 0 atom stereocenters. The minimum Gasteiger partial charge on any atom is -0.508 e. The molecule has 0 radical (unpaired) electrons. The number of hydrazone groups is 1. The first-order chi connectivity index (χ1) is 14.6. The monoisotopic (exact) mass is 399 g/mol. The van der Waals surface area contributed by atoms with Gasteiger partial charge in [0.1, 0.15) is 11.5 Å². The number of carbonyl (C=O) groups excluding carboxylic acids is 1. The highest BCUT2D eigenvalue weighted by molar-refractivity contribution is 5.92. The summed E-state index contributed by atoms with van der Waals surface area (Å²) in [6.45, 7) is 0. The van der Waals surface area contributed by atoms with Crippen molar-refractivity contribution in [1.82, 2.24) is 20.2 Å². The Labute approximate surface area is 171 Å². The Morgan fingerprint density at radius 3 is 2.37 bits per heavy atom. The van der Waals surface area contributed by atoms with Crippen molar-refractivity contribution in [1.29, 1.82) is 0 Å². The summed E-state index contributed by atoms with van der Waals surface area (Å²) in [4.78, 5) is 16.9. The molecule has 0 aliphatic heterocycles. The largest absolute Gasteiger partial charge is 0.508 e. The Balaban J connectivity index is 1.61. The number of carbonyl (C=O) groups is 1. The summed E-state index contributed by atoms with van der Waals surface area (Å²) in [5.74, 6) is -0.364. The fourth-order valence-electron chi connectivity index (χ4n) is 2.78. The fourth-order valence-corrected chi connectivity index (χ4v) is 2.78. The van der Waals surface area contributed by atoms with Crippen molar-refractivity contribution in [3.63, 3.8) is 0 Å². The Kier molecular flexibility index (Phi) is 5.21. The fraction of sp³-hybridized carbons (Fsp3) is 0. The molecule has 8 heteroatoms. The van der Waals surface area contributed by atoms with E-state index >= 15 is 0 Å². The second kappa shape index (κ2) is 8.27. The lowest BCUT2D eigenvalue weighted by Crippen LogP contribution is -2.19. The van der Waals surface area contributed by atoms with E-state index in [1.807, 2.05) is 60.7 Å². The van der Waals surface area contributed by atoms with Gasteiger partial charge in [0, 0.05) is 17.2 Å². The van der Waals surface area contributed by atoms with Crippen LogP contribution in [0.25, 0.3) is 17.1 Å². The van der Waals surface area contributed by atoms with Gasteiger partial charge >= 0.3 is 5.91 Å². The molecule has 30 heavy (non-hydrogen) atoms. The molecule has 0 spiro atoms. The van der Waals surface area contributed by atoms with E-state index in [0.717, 1.165) is 11.3 Å². The number of benzene rings is 3. The lowest BCUT2D eigenvalue weighted by Gasteiger charge is -2.05. The standard InChI is InChI=1S/C22H17N5O3/c28-18-12-11-16(19(29)13-18)14-23-25-22(30)20-24-21(15-7-3-1-4-8-15)27(26-20)17-9-5-2-6-10-17/h1-14,28-29H,(H,25,30)/b23-14-. The highest BCUT2D eigenvalue weighted by Gasteiger charge is 2.18. The molecule has 0 fully saturated rings. The third kappa shape index (κ3) is 4.02. The summed E-state index contributed by atoms with van der Waals surface area (Å²) in [6.07, 6.45) is 1.26. The minimum atomic E-state index is -0.601. The summed E-state index contributed by atoms with van der Waals surface area (Å²) in [5.41, 5.74) is 4.26. The first-order valence-electron chi connectivity index (χ1n) is 9.05. The van der Waals surface area contributed by atoms with Crippen molar-refractivity contribution in [2.75, 3.05) is 0 Å². The van der Waals surface area contributed by atoms with Gasteiger partial charge in [0.25, 0.3) is 0 Å². The molecule has 1 heterocycles. The molecular weight excluding hydrogens is 382 g/mol. The van der Waals surface area contributed by atoms with Crippen LogP contribution in [0.1, 0.15) is 16.2 Å². The first-order valence-corrected chi connectivity index (χ1v) is 9.05. The molecule has 0 bridgehead atoms. The van der Waals surface area contributed by atoms with Crippen LogP contribution in [-0.4, -0.2) is 37.1 Å². The molecule has 1 aromatic heterocycles. The highest BCUT2D eigenvalue weighted by Crippen LogP contribution is 2.22. The average Bonchev–Trinajstić information content (AvgIpc) is 3.22. The number of nitrogens with one attached hydrogen (secondary N) is 1. The molecule has 8 nitrogen and oxygen atoms in total. The zero-order valence-electron chi connectivity index (χ0n) is 15.7. The van der Waals surface area contributed by atoms with Crippen LogP contribution in [0.3, 0.4) is 0 Å². The number of phenolic OH excluding ortho intramolecular Hbond substituents is 2. The summed E-state index contributed by atoms with van der Waals surface area (Å²) < 4.78 is 1.60. The van der Waals surface area contributed by atoms with Crippen LogP contribution in [-0.2, 0) is 0 Å². The minimum absolute atomic E-state index is 0.0511. The molecule has 3 N–H and O–H groups in total. The van der Waals surface area contributed by atoms with Gasteiger partial charge in [0.05, 0.1) is 11.9 Å². The molecule has 0 aliphatic rings. The number of rotatable bonds is 5. The van der Waals surface area contributed by atoms with E-state index in [1.165, 1.54) is 24.4 Å². The van der Waals surface area contributed by atoms with Crippen LogP contribution in [0.4, 0.5) is 0 Å². The van der Waals surface area contributed by atoms with E-state index in [4.69, 9.17) is 0 Å². The van der Waals surface area contributed by atoms with E-state index < -0.39 is 5.91 Å². The maximum absolute atomic E-state index is 12.5. The quantitative estimate of drug-likeness (QED) is 0.353. The molecule has 1 amide bonds. The number of hydrogen-bond acceptors (Lipinski definition) is 6. The number of amides is 1. The molecule has 148 valence electrons. The molecule has 4 aromatic rings. The second-order valence-electron chi connectivity index (χ2n) is 6.31. The van der Waals surface area contributed by atoms with Crippen LogP contribution in [0.15, 0.2) is 84.0 Å². The summed E-state index contributed by atoms with van der Waals surface area (Å²) in [5, 5.41) is 27.3. The van der Waals surface area contributed by atoms with E-state index in [0.29, 0.717) is 11.4 Å². The zero-order chi connectivity index (χ0) is 20.9. The summed E-state index contributed by atoms with van der Waals surface area (Å²) in [7, 11) is 0. The van der Waals surface area contributed by atoms with Crippen LogP contribution in [0.5, 0.6) is 11.5 Å². The van der Waals surface area contributed by atoms with Gasteiger partial charge in [-0.25, -0.2) is 15.1 Å². The summed E-state index contributed by atoms with van der Waals surface area (Å²) >= 11 is 0. The van der Waals surface area contributed by atoms with Gasteiger partial charge in [-0.05, 0) is 24.3 Å². The Hall–Kier alpha value is -4.46. The molecule has 4 rings (SSSR count). The Morgan fingerprint density at radius 1 is 0.967 bits per heavy atom. The van der Waals surface area contributed by atoms with Crippen molar-refractivity contribution in [3.8, 4) is 28.6 Å². The van der Waals surface area contributed by atoms with Crippen molar-refractivity contribution in [3.05, 3.63) is 90.3 Å². The average molecular weight is 399 g/mol. The zero-order valence-corrected chi connectivity index (χ0v) is 15.7. The van der Waals surface area contributed by atoms with Gasteiger partial charge in [-0.15, -0.1) is 5.10 Å². The van der Waals surface area contributed by atoms with Gasteiger partial charge in [0.15, 0.2) is 5.82 Å². The first kappa shape index (κ1) is 18.9. The van der Waals surface area contributed by atoms with Gasteiger partial charge in [-0.1, -0.05) is 48.5 Å². The number of aromatic hydroxyl groups is 2. The van der Waals surface area contributed by atoms with Crippen molar-refractivity contribution in [2.24, 2.45) is 5.10 Å². The maximum atomic E-state index is 12.5. The third-order valence-corrected chi connectivity index (χ3v) is 4.23. The molecule has 0 saturated heterocycles. The number of hydrogen-bond donors (Lipinski definition) is 3. The number of aromatic nitrogens is 3. The molecule has 0 unspecified atom stereocenters. The van der Waals surface area contributed by atoms with Crippen molar-refractivity contribution >= 4 is 12.1 Å². The number of phenols is 2. The molecular formula is C22H17N5O3. The number of para-hydroxylation sites is 1. The van der Waals surface area contributed by atoms with Crippen LogP contribution >= 0.6 is 0 Å². The van der Waals surface area contributed by atoms with Crippen LogP contribution < -0.4 is 5.43 Å². The Morgan fingerprint density at radius 2 is 1.67 bits per heavy atom. The maximum Gasteiger partial charge on any atom is 0.311 e. The summed E-state index contributed by atoms with van der Waals surface area (Å²) in [6, 6.07) is 22.9. The van der Waals surface area contributed by atoms with E-state index in [1.54, 1.807) is 4.68 Å². The lowest BCUT2D eigenvalue weighted by atomic mass is 10.2. The van der Waals surface area contributed by atoms with Gasteiger partial charge < -0.3 is 10.2 Å². The van der Waals surface area contributed by atoms with Gasteiger partial charge in [-0.3, -0.25) is 4.79 Å². The van der Waals surface area contributed by atoms with Gasteiger partial charge in [0.2, 0.25) is 5.82 Å². The highest BCUT2D eigenvalue weighted by atomic mass is 16.3. The van der Waals surface area contributed by atoms with E-state index in [9.17, 15) is 15.0 Å². The van der Waals surface area contributed by atoms with Gasteiger partial charge in [-0.2, -0.15) is 5.10 Å². The SMILES string of the molecule is O=C(N/N=C\c1ccc(O)cc1O)c1nc(-c2ccccc2)n(-c2ccccc2)n1. The Bertz CT molecular complexity index is 1150. The predicted octanol–water partition coefficient (Wildman–Crippen LogP) is 3.11. The smallest absolute Gasteiger partial charge is 0.311 e. The predicted molar refractivity (Wildman–Crippen MR) is 112 cm³/mol. The van der Waals surface area contributed by atoms with E-state index in [2.05, 4.69) is 20.6 Å². The van der Waals surface area contributed by atoms with Crippen LogP contribution in [0.2, 0.25) is 0 Å². The third-order valence-electron chi connectivity index (χ3n) is 4.23. The van der Waals surface area contributed by atoms with Crippen molar-refractivity contribution in [2.45, 2.75) is 0 Å².